The number of hydrogen-bond acceptors (Lipinski definition) is 4. The zero-order chi connectivity index (χ0) is 15.0. The zero-order valence-corrected chi connectivity index (χ0v) is 13.5. The van der Waals surface area contributed by atoms with E-state index in [4.69, 9.17) is 5.73 Å². The summed E-state index contributed by atoms with van der Waals surface area (Å²) >= 11 is 0. The lowest BCUT2D eigenvalue weighted by atomic mass is 9.96. The van der Waals surface area contributed by atoms with Crippen molar-refractivity contribution >= 4 is 11.6 Å². The van der Waals surface area contributed by atoms with Gasteiger partial charge in [0, 0.05) is 18.0 Å². The lowest BCUT2D eigenvalue weighted by Crippen LogP contribution is -2.18. The summed E-state index contributed by atoms with van der Waals surface area (Å²) in [6.07, 6.45) is 7.79. The maximum atomic E-state index is 5.85. The van der Waals surface area contributed by atoms with E-state index in [0.29, 0.717) is 5.82 Å². The highest BCUT2D eigenvalue weighted by molar-refractivity contribution is 5.45. The van der Waals surface area contributed by atoms with Crippen molar-refractivity contribution in [1.82, 2.24) is 9.97 Å². The van der Waals surface area contributed by atoms with Gasteiger partial charge in [-0.1, -0.05) is 59.8 Å². The molecule has 0 unspecified atom stereocenters. The Kier molecular flexibility index (Phi) is 6.76. The fourth-order valence-electron chi connectivity index (χ4n) is 2.01. The number of hydrogen-bond donors (Lipinski definition) is 2. The lowest BCUT2D eigenvalue weighted by molar-refractivity contribution is 0.546. The number of nitrogen functional groups attached to an aromatic ring is 1. The van der Waals surface area contributed by atoms with E-state index in [0.717, 1.165) is 18.2 Å². The first-order valence-electron chi connectivity index (χ1n) is 7.82. The highest BCUT2D eigenvalue weighted by atomic mass is 15.1. The van der Waals surface area contributed by atoms with Crippen molar-refractivity contribution in [2.45, 2.75) is 71.6 Å². The molecule has 0 amide bonds. The summed E-state index contributed by atoms with van der Waals surface area (Å²) in [6.45, 7) is 9.48. The van der Waals surface area contributed by atoms with Gasteiger partial charge in [0.1, 0.15) is 17.5 Å². The minimum atomic E-state index is -0.0774. The monoisotopic (exact) mass is 278 g/mol. The Morgan fingerprint density at radius 2 is 1.70 bits per heavy atom. The van der Waals surface area contributed by atoms with Crippen molar-refractivity contribution in [1.29, 1.82) is 0 Å². The topological polar surface area (TPSA) is 63.8 Å². The predicted octanol–water partition coefficient (Wildman–Crippen LogP) is 4.13. The van der Waals surface area contributed by atoms with Gasteiger partial charge >= 0.3 is 0 Å². The Labute approximate surface area is 123 Å². The van der Waals surface area contributed by atoms with Gasteiger partial charge in [0.25, 0.3) is 0 Å². The second-order valence-electron chi connectivity index (χ2n) is 6.45. The van der Waals surface area contributed by atoms with Crippen LogP contribution in [0.2, 0.25) is 0 Å². The molecule has 4 heteroatoms. The van der Waals surface area contributed by atoms with Gasteiger partial charge in [-0.05, 0) is 6.42 Å². The van der Waals surface area contributed by atoms with Crippen LogP contribution in [0, 0.1) is 0 Å². The largest absolute Gasteiger partial charge is 0.384 e. The average Bonchev–Trinajstić information content (AvgIpc) is 2.36. The molecule has 114 valence electrons. The molecule has 0 fully saturated rings. The minimum Gasteiger partial charge on any atom is -0.384 e. The van der Waals surface area contributed by atoms with Crippen LogP contribution in [-0.4, -0.2) is 16.5 Å². The van der Waals surface area contributed by atoms with E-state index >= 15 is 0 Å². The second-order valence-corrected chi connectivity index (χ2v) is 6.45. The maximum Gasteiger partial charge on any atom is 0.138 e. The fourth-order valence-corrected chi connectivity index (χ4v) is 2.01. The molecule has 0 aliphatic carbocycles. The van der Waals surface area contributed by atoms with Crippen LogP contribution in [0.15, 0.2) is 6.07 Å². The van der Waals surface area contributed by atoms with Crippen molar-refractivity contribution in [3.63, 3.8) is 0 Å². The van der Waals surface area contributed by atoms with Crippen LogP contribution in [0.25, 0.3) is 0 Å². The zero-order valence-electron chi connectivity index (χ0n) is 13.5. The van der Waals surface area contributed by atoms with E-state index in [1.807, 2.05) is 6.07 Å². The molecule has 4 nitrogen and oxygen atoms in total. The molecule has 0 aliphatic rings. The number of unbranched alkanes of at least 4 members (excludes halogenated alkanes) is 5. The smallest absolute Gasteiger partial charge is 0.138 e. The number of anilines is 2. The molecule has 1 aromatic rings. The summed E-state index contributed by atoms with van der Waals surface area (Å²) in [7, 11) is 0. The first-order valence-corrected chi connectivity index (χ1v) is 7.82. The van der Waals surface area contributed by atoms with Crippen LogP contribution in [0.4, 0.5) is 11.6 Å². The van der Waals surface area contributed by atoms with Crippen LogP contribution in [0.5, 0.6) is 0 Å². The van der Waals surface area contributed by atoms with Gasteiger partial charge < -0.3 is 11.1 Å². The normalized spacial score (nSPS) is 11.6. The van der Waals surface area contributed by atoms with E-state index in [1.54, 1.807) is 0 Å². The third-order valence-corrected chi connectivity index (χ3v) is 3.25. The Hall–Kier alpha value is -1.32. The Morgan fingerprint density at radius 3 is 2.35 bits per heavy atom. The summed E-state index contributed by atoms with van der Waals surface area (Å²) < 4.78 is 0. The van der Waals surface area contributed by atoms with Crippen LogP contribution < -0.4 is 11.1 Å². The summed E-state index contributed by atoms with van der Waals surface area (Å²) in [4.78, 5) is 8.86. The SMILES string of the molecule is CCCCCCCCNc1cc(N)nc(C(C)(C)C)n1. The maximum absolute atomic E-state index is 5.85. The predicted molar refractivity (Wildman–Crippen MR) is 87.0 cm³/mol. The standard InChI is InChI=1S/C16H30N4/c1-5-6-7-8-9-10-11-18-14-12-13(17)19-15(20-14)16(2,3)4/h12H,5-11H2,1-4H3,(H3,17,18,19,20). The molecule has 1 rings (SSSR count). The Bertz CT molecular complexity index is 396. The summed E-state index contributed by atoms with van der Waals surface area (Å²) in [5.74, 6) is 2.18. The Balaban J connectivity index is 2.39. The van der Waals surface area contributed by atoms with E-state index < -0.39 is 0 Å². The van der Waals surface area contributed by atoms with Crippen LogP contribution in [0.1, 0.15) is 72.0 Å². The summed E-state index contributed by atoms with van der Waals surface area (Å²) in [5.41, 5.74) is 5.77. The van der Waals surface area contributed by atoms with Gasteiger partial charge in [0.2, 0.25) is 0 Å². The molecule has 0 atom stereocenters. The number of rotatable bonds is 8. The number of aromatic nitrogens is 2. The molecule has 0 saturated carbocycles. The highest BCUT2D eigenvalue weighted by Gasteiger charge is 2.18. The first-order chi connectivity index (χ1) is 9.43. The van der Waals surface area contributed by atoms with E-state index in [2.05, 4.69) is 43.0 Å². The molecular weight excluding hydrogens is 248 g/mol. The molecule has 0 bridgehead atoms. The van der Waals surface area contributed by atoms with Gasteiger partial charge in [-0.2, -0.15) is 0 Å². The number of nitrogens with two attached hydrogens (primary N) is 1. The van der Waals surface area contributed by atoms with Crippen molar-refractivity contribution in [3.8, 4) is 0 Å². The molecule has 1 aromatic heterocycles. The van der Waals surface area contributed by atoms with Crippen molar-refractivity contribution in [2.24, 2.45) is 0 Å². The number of nitrogens with zero attached hydrogens (tertiary/aromatic N) is 2. The van der Waals surface area contributed by atoms with Crippen LogP contribution in [-0.2, 0) is 5.41 Å². The highest BCUT2D eigenvalue weighted by Crippen LogP contribution is 2.21. The molecule has 1 heterocycles. The van der Waals surface area contributed by atoms with Crippen molar-refractivity contribution < 1.29 is 0 Å². The van der Waals surface area contributed by atoms with Gasteiger partial charge in [0.15, 0.2) is 0 Å². The molecule has 3 N–H and O–H groups in total. The fraction of sp³-hybridized carbons (Fsp3) is 0.750. The molecule has 20 heavy (non-hydrogen) atoms. The molecule has 0 aliphatic heterocycles. The van der Waals surface area contributed by atoms with E-state index in [-0.39, 0.29) is 5.41 Å². The summed E-state index contributed by atoms with van der Waals surface area (Å²) in [6, 6.07) is 1.81. The molecule has 0 radical (unpaired) electrons. The van der Waals surface area contributed by atoms with E-state index in [9.17, 15) is 0 Å². The Morgan fingerprint density at radius 1 is 1.05 bits per heavy atom. The molecule has 0 aromatic carbocycles. The second kappa shape index (κ2) is 8.08. The van der Waals surface area contributed by atoms with E-state index in [1.165, 1.54) is 38.5 Å². The van der Waals surface area contributed by atoms with Crippen molar-refractivity contribution in [2.75, 3.05) is 17.6 Å². The third-order valence-electron chi connectivity index (χ3n) is 3.25. The van der Waals surface area contributed by atoms with Gasteiger partial charge in [0.05, 0.1) is 0 Å². The first kappa shape index (κ1) is 16.7. The molecule has 0 spiro atoms. The molecular formula is C16H30N4. The lowest BCUT2D eigenvalue weighted by Gasteiger charge is -2.18. The van der Waals surface area contributed by atoms with Crippen molar-refractivity contribution in [3.05, 3.63) is 11.9 Å². The quantitative estimate of drug-likeness (QED) is 0.702. The molecule has 0 saturated heterocycles. The minimum absolute atomic E-state index is 0.0774. The van der Waals surface area contributed by atoms with Gasteiger partial charge in [-0.15, -0.1) is 0 Å². The van der Waals surface area contributed by atoms with Crippen LogP contribution in [0.3, 0.4) is 0 Å². The summed E-state index contributed by atoms with van der Waals surface area (Å²) in [5, 5.41) is 3.36. The third kappa shape index (κ3) is 6.22. The van der Waals surface area contributed by atoms with Gasteiger partial charge in [-0.25, -0.2) is 9.97 Å². The van der Waals surface area contributed by atoms with Gasteiger partial charge in [-0.3, -0.25) is 0 Å². The number of nitrogens with one attached hydrogen (secondary N) is 1. The average molecular weight is 278 g/mol. The van der Waals surface area contributed by atoms with Crippen LogP contribution >= 0.6 is 0 Å².